The van der Waals surface area contributed by atoms with E-state index in [4.69, 9.17) is 4.42 Å². The third-order valence-corrected chi connectivity index (χ3v) is 3.19. The Labute approximate surface area is 122 Å². The Hall–Kier alpha value is -2.82. The zero-order valence-electron chi connectivity index (χ0n) is 11.8. The normalized spacial score (nSPS) is 10.6. The van der Waals surface area contributed by atoms with Gasteiger partial charge < -0.3 is 14.4 Å². The van der Waals surface area contributed by atoms with Crippen molar-refractivity contribution in [3.8, 4) is 28.7 Å². The van der Waals surface area contributed by atoms with Gasteiger partial charge in [0.25, 0.3) is 5.89 Å². The maximum absolute atomic E-state index is 9.81. The number of phenolic OH excluding ortho intramolecular Hbond substituents is 1. The van der Waals surface area contributed by atoms with E-state index in [1.54, 1.807) is 18.2 Å². The van der Waals surface area contributed by atoms with Crippen LogP contribution in [0.15, 0.2) is 52.9 Å². The van der Waals surface area contributed by atoms with E-state index in [-0.39, 0.29) is 5.75 Å². The van der Waals surface area contributed by atoms with Crippen molar-refractivity contribution in [1.29, 1.82) is 0 Å². The molecule has 0 saturated heterocycles. The molecule has 21 heavy (non-hydrogen) atoms. The molecule has 0 aliphatic heterocycles. The minimum Gasteiger partial charge on any atom is -0.507 e. The van der Waals surface area contributed by atoms with Gasteiger partial charge in [-0.2, -0.15) is 0 Å². The number of rotatable bonds is 3. The average Bonchev–Trinajstić information content (AvgIpc) is 2.97. The van der Waals surface area contributed by atoms with E-state index in [0.29, 0.717) is 17.3 Å². The summed E-state index contributed by atoms with van der Waals surface area (Å²) in [6, 6.07) is 14.7. The van der Waals surface area contributed by atoms with E-state index >= 15 is 0 Å². The quantitative estimate of drug-likeness (QED) is 0.799. The third kappa shape index (κ3) is 2.58. The van der Waals surface area contributed by atoms with Crippen molar-refractivity contribution in [1.82, 2.24) is 10.2 Å². The van der Waals surface area contributed by atoms with Crippen molar-refractivity contribution >= 4 is 5.69 Å². The van der Waals surface area contributed by atoms with Gasteiger partial charge in [-0.25, -0.2) is 0 Å². The second-order valence-electron chi connectivity index (χ2n) is 4.87. The Bertz CT molecular complexity index is 748. The highest BCUT2D eigenvalue weighted by Crippen LogP contribution is 2.30. The van der Waals surface area contributed by atoms with Crippen LogP contribution in [-0.2, 0) is 0 Å². The molecule has 1 heterocycles. The summed E-state index contributed by atoms with van der Waals surface area (Å²) < 4.78 is 5.64. The first-order valence-corrected chi connectivity index (χ1v) is 6.55. The lowest BCUT2D eigenvalue weighted by molar-refractivity contribution is 0.473. The third-order valence-electron chi connectivity index (χ3n) is 3.19. The molecule has 0 bridgehead atoms. The number of phenols is 1. The van der Waals surface area contributed by atoms with E-state index in [1.165, 1.54) is 0 Å². The topological polar surface area (TPSA) is 62.4 Å². The molecule has 3 rings (SSSR count). The predicted molar refractivity (Wildman–Crippen MR) is 81.2 cm³/mol. The van der Waals surface area contributed by atoms with Crippen LogP contribution in [0.4, 0.5) is 5.69 Å². The molecule has 106 valence electrons. The molecule has 1 N–H and O–H groups in total. The van der Waals surface area contributed by atoms with Crippen LogP contribution in [0.2, 0.25) is 0 Å². The molecule has 0 fully saturated rings. The van der Waals surface area contributed by atoms with Gasteiger partial charge in [-0.3, -0.25) is 0 Å². The molecule has 0 aliphatic rings. The molecule has 3 aromatic rings. The smallest absolute Gasteiger partial charge is 0.251 e. The van der Waals surface area contributed by atoms with Crippen molar-refractivity contribution in [2.45, 2.75) is 0 Å². The Morgan fingerprint density at radius 2 is 1.57 bits per heavy atom. The summed E-state index contributed by atoms with van der Waals surface area (Å²) in [6.45, 7) is 0. The highest BCUT2D eigenvalue weighted by molar-refractivity contribution is 5.64. The van der Waals surface area contributed by atoms with Crippen molar-refractivity contribution in [3.05, 3.63) is 48.5 Å². The summed E-state index contributed by atoms with van der Waals surface area (Å²) in [5.74, 6) is 0.856. The maximum Gasteiger partial charge on any atom is 0.251 e. The fourth-order valence-electron chi connectivity index (χ4n) is 2.01. The molecule has 0 radical (unpaired) electrons. The molecule has 5 nitrogen and oxygen atoms in total. The standard InChI is InChI=1S/C16H15N3O2/c1-19(2)12-9-7-11(8-10-12)15-17-18-16(21-15)13-5-3-4-6-14(13)20/h3-10,20H,1-2H3. The van der Waals surface area contributed by atoms with Gasteiger partial charge in [0, 0.05) is 25.3 Å². The van der Waals surface area contributed by atoms with Crippen molar-refractivity contribution in [2.24, 2.45) is 0 Å². The molecular formula is C16H15N3O2. The first kappa shape index (κ1) is 13.2. The summed E-state index contributed by atoms with van der Waals surface area (Å²) in [7, 11) is 3.97. The first-order chi connectivity index (χ1) is 10.1. The lowest BCUT2D eigenvalue weighted by Gasteiger charge is -2.11. The summed E-state index contributed by atoms with van der Waals surface area (Å²) in [4.78, 5) is 2.02. The van der Waals surface area contributed by atoms with Gasteiger partial charge in [0.15, 0.2) is 0 Å². The Balaban J connectivity index is 1.93. The van der Waals surface area contributed by atoms with Gasteiger partial charge in [0.1, 0.15) is 5.75 Å². The van der Waals surface area contributed by atoms with Gasteiger partial charge in [-0.05, 0) is 36.4 Å². The van der Waals surface area contributed by atoms with Crippen LogP contribution >= 0.6 is 0 Å². The molecule has 0 spiro atoms. The monoisotopic (exact) mass is 281 g/mol. The molecule has 0 saturated carbocycles. The molecule has 0 amide bonds. The molecule has 2 aromatic carbocycles. The zero-order chi connectivity index (χ0) is 14.8. The van der Waals surface area contributed by atoms with Crippen LogP contribution in [-0.4, -0.2) is 29.4 Å². The van der Waals surface area contributed by atoms with Crippen molar-refractivity contribution in [2.75, 3.05) is 19.0 Å². The summed E-state index contributed by atoms with van der Waals surface area (Å²) in [5.41, 5.74) is 2.47. The van der Waals surface area contributed by atoms with Crippen LogP contribution in [0.3, 0.4) is 0 Å². The number of aromatic hydroxyl groups is 1. The number of anilines is 1. The van der Waals surface area contributed by atoms with Crippen molar-refractivity contribution < 1.29 is 9.52 Å². The van der Waals surface area contributed by atoms with E-state index in [0.717, 1.165) is 11.3 Å². The molecule has 0 aliphatic carbocycles. The lowest BCUT2D eigenvalue weighted by atomic mass is 10.2. The predicted octanol–water partition coefficient (Wildman–Crippen LogP) is 3.18. The summed E-state index contributed by atoms with van der Waals surface area (Å²) >= 11 is 0. The summed E-state index contributed by atoms with van der Waals surface area (Å²) in [6.07, 6.45) is 0. The SMILES string of the molecule is CN(C)c1ccc(-c2nnc(-c3ccccc3O)o2)cc1. The van der Waals surface area contributed by atoms with E-state index in [9.17, 15) is 5.11 Å². The highest BCUT2D eigenvalue weighted by Gasteiger charge is 2.13. The number of aromatic nitrogens is 2. The zero-order valence-corrected chi connectivity index (χ0v) is 11.8. The van der Waals surface area contributed by atoms with Gasteiger partial charge in [-0.15, -0.1) is 10.2 Å². The van der Waals surface area contributed by atoms with Crippen LogP contribution in [0.5, 0.6) is 5.75 Å². The van der Waals surface area contributed by atoms with Crippen LogP contribution in [0.25, 0.3) is 22.9 Å². The number of para-hydroxylation sites is 1. The van der Waals surface area contributed by atoms with Gasteiger partial charge >= 0.3 is 0 Å². The van der Waals surface area contributed by atoms with Crippen LogP contribution in [0.1, 0.15) is 0 Å². The van der Waals surface area contributed by atoms with E-state index in [2.05, 4.69) is 10.2 Å². The fourth-order valence-corrected chi connectivity index (χ4v) is 2.01. The van der Waals surface area contributed by atoms with Crippen LogP contribution in [0, 0.1) is 0 Å². The Morgan fingerprint density at radius 1 is 0.905 bits per heavy atom. The first-order valence-electron chi connectivity index (χ1n) is 6.55. The maximum atomic E-state index is 9.81. The van der Waals surface area contributed by atoms with E-state index < -0.39 is 0 Å². The number of nitrogens with zero attached hydrogens (tertiary/aromatic N) is 3. The van der Waals surface area contributed by atoms with E-state index in [1.807, 2.05) is 49.3 Å². The Morgan fingerprint density at radius 3 is 2.24 bits per heavy atom. The van der Waals surface area contributed by atoms with Gasteiger partial charge in [0.05, 0.1) is 5.56 Å². The fraction of sp³-hybridized carbons (Fsp3) is 0.125. The number of hydrogen-bond donors (Lipinski definition) is 1. The minimum atomic E-state index is 0.121. The minimum absolute atomic E-state index is 0.121. The Kier molecular flexibility index (Phi) is 3.31. The highest BCUT2D eigenvalue weighted by atomic mass is 16.4. The molecule has 0 atom stereocenters. The summed E-state index contributed by atoms with van der Waals surface area (Å²) in [5, 5.41) is 17.8. The van der Waals surface area contributed by atoms with Crippen molar-refractivity contribution in [3.63, 3.8) is 0 Å². The molecule has 5 heteroatoms. The lowest BCUT2D eigenvalue weighted by Crippen LogP contribution is -2.07. The average molecular weight is 281 g/mol. The van der Waals surface area contributed by atoms with Gasteiger partial charge in [-0.1, -0.05) is 12.1 Å². The molecular weight excluding hydrogens is 266 g/mol. The molecule has 0 unspecified atom stereocenters. The second kappa shape index (κ2) is 5.28. The number of hydrogen-bond acceptors (Lipinski definition) is 5. The van der Waals surface area contributed by atoms with Gasteiger partial charge in [0.2, 0.25) is 5.89 Å². The van der Waals surface area contributed by atoms with Crippen LogP contribution < -0.4 is 4.90 Å². The number of benzene rings is 2. The largest absolute Gasteiger partial charge is 0.507 e. The molecule has 1 aromatic heterocycles. The second-order valence-corrected chi connectivity index (χ2v) is 4.87.